The highest BCUT2D eigenvalue weighted by Crippen LogP contribution is 2.13. The van der Waals surface area contributed by atoms with E-state index in [0.717, 1.165) is 4.90 Å². The van der Waals surface area contributed by atoms with Gasteiger partial charge in [0.2, 0.25) is 15.9 Å². The highest BCUT2D eigenvalue weighted by Gasteiger charge is 2.20. The van der Waals surface area contributed by atoms with Crippen molar-refractivity contribution in [1.29, 1.82) is 0 Å². The molecule has 7 nitrogen and oxygen atoms in total. The zero-order chi connectivity index (χ0) is 15.2. The lowest BCUT2D eigenvalue weighted by molar-refractivity contribution is -0.136. The molecule has 8 heteroatoms. The van der Waals surface area contributed by atoms with Crippen LogP contribution in [0, 0.1) is 0 Å². The second kappa shape index (κ2) is 7.01. The van der Waals surface area contributed by atoms with Crippen LogP contribution in [0.3, 0.4) is 0 Å². The fraction of sp³-hybridized carbons (Fsp3) is 0.333. The number of carboxylic acids is 1. The number of anilines is 1. The van der Waals surface area contributed by atoms with E-state index in [2.05, 4.69) is 4.72 Å². The number of carbonyl (C=O) groups is 2. The Morgan fingerprint density at radius 2 is 1.85 bits per heavy atom. The van der Waals surface area contributed by atoms with Crippen LogP contribution in [-0.4, -0.2) is 44.2 Å². The van der Waals surface area contributed by atoms with Gasteiger partial charge in [0.25, 0.3) is 0 Å². The number of nitrogens with one attached hydrogen (secondary N) is 1. The number of hydrogen-bond donors (Lipinski definition) is 2. The van der Waals surface area contributed by atoms with Crippen molar-refractivity contribution in [1.82, 2.24) is 4.72 Å². The molecule has 0 heterocycles. The Morgan fingerprint density at radius 1 is 1.25 bits per heavy atom. The molecular formula is C12H16N2O5S. The Labute approximate surface area is 117 Å². The van der Waals surface area contributed by atoms with Gasteiger partial charge >= 0.3 is 5.97 Å². The minimum Gasteiger partial charge on any atom is -0.480 e. The van der Waals surface area contributed by atoms with Gasteiger partial charge in [0.05, 0.1) is 12.3 Å². The first-order valence-corrected chi connectivity index (χ1v) is 7.55. The van der Waals surface area contributed by atoms with Gasteiger partial charge in [-0.1, -0.05) is 18.2 Å². The lowest BCUT2D eigenvalue weighted by atomic mass is 10.3. The first kappa shape index (κ1) is 16.1. The zero-order valence-corrected chi connectivity index (χ0v) is 11.8. The smallest absolute Gasteiger partial charge is 0.323 e. The molecule has 0 unspecified atom stereocenters. The predicted octanol–water partition coefficient (Wildman–Crippen LogP) is 0.0435. The Bertz CT molecular complexity index is 571. The fourth-order valence-electron chi connectivity index (χ4n) is 1.44. The molecule has 0 saturated heterocycles. The molecule has 20 heavy (non-hydrogen) atoms. The zero-order valence-electron chi connectivity index (χ0n) is 10.9. The van der Waals surface area contributed by atoms with E-state index in [1.807, 2.05) is 0 Å². The number of benzene rings is 1. The molecule has 0 radical (unpaired) electrons. The quantitative estimate of drug-likeness (QED) is 0.740. The van der Waals surface area contributed by atoms with Gasteiger partial charge in [0, 0.05) is 5.69 Å². The molecule has 2 N–H and O–H groups in total. The second-order valence-electron chi connectivity index (χ2n) is 3.93. The Kier molecular flexibility index (Phi) is 5.66. The summed E-state index contributed by atoms with van der Waals surface area (Å²) in [4.78, 5) is 23.8. The van der Waals surface area contributed by atoms with Crippen molar-refractivity contribution in [2.24, 2.45) is 0 Å². The van der Waals surface area contributed by atoms with Gasteiger partial charge in [-0.2, -0.15) is 0 Å². The highest BCUT2D eigenvalue weighted by atomic mass is 32.2. The molecule has 0 saturated carbocycles. The van der Waals surface area contributed by atoms with E-state index in [0.29, 0.717) is 5.69 Å². The van der Waals surface area contributed by atoms with Gasteiger partial charge in [-0.05, 0) is 19.1 Å². The number of carboxylic acid groups (broad SMARTS) is 1. The van der Waals surface area contributed by atoms with Gasteiger partial charge in [-0.25, -0.2) is 13.1 Å². The molecule has 1 rings (SSSR count). The second-order valence-corrected chi connectivity index (χ2v) is 6.03. The molecule has 1 amide bonds. The van der Waals surface area contributed by atoms with Gasteiger partial charge < -0.3 is 10.0 Å². The van der Waals surface area contributed by atoms with Gasteiger partial charge in [0.1, 0.15) is 6.54 Å². The number of hydrogen-bond acceptors (Lipinski definition) is 4. The van der Waals surface area contributed by atoms with Crippen molar-refractivity contribution in [3.8, 4) is 0 Å². The van der Waals surface area contributed by atoms with Crippen molar-refractivity contribution < 1.29 is 23.1 Å². The summed E-state index contributed by atoms with van der Waals surface area (Å²) in [6.45, 7) is 0.439. The van der Waals surface area contributed by atoms with Crippen LogP contribution in [0.4, 0.5) is 5.69 Å². The minimum atomic E-state index is -3.50. The Morgan fingerprint density at radius 3 is 2.35 bits per heavy atom. The summed E-state index contributed by atoms with van der Waals surface area (Å²) in [5.41, 5.74) is 0.399. The summed E-state index contributed by atoms with van der Waals surface area (Å²) in [6, 6.07) is 8.21. The summed E-state index contributed by atoms with van der Waals surface area (Å²) in [7, 11) is -3.50. The number of amides is 1. The largest absolute Gasteiger partial charge is 0.480 e. The molecule has 1 aromatic carbocycles. The molecular weight excluding hydrogens is 284 g/mol. The number of rotatable bonds is 7. The van der Waals surface area contributed by atoms with Crippen LogP contribution >= 0.6 is 0 Å². The molecule has 0 spiro atoms. The summed E-state index contributed by atoms with van der Waals surface area (Å²) in [6.07, 6.45) is 0. The molecule has 1 aromatic rings. The van der Waals surface area contributed by atoms with E-state index in [9.17, 15) is 18.0 Å². The van der Waals surface area contributed by atoms with Crippen LogP contribution < -0.4 is 9.62 Å². The fourth-order valence-corrected chi connectivity index (χ4v) is 1.98. The van der Waals surface area contributed by atoms with Gasteiger partial charge in [-0.3, -0.25) is 9.59 Å². The van der Waals surface area contributed by atoms with E-state index in [1.54, 1.807) is 30.3 Å². The van der Waals surface area contributed by atoms with E-state index in [-0.39, 0.29) is 5.75 Å². The average molecular weight is 300 g/mol. The van der Waals surface area contributed by atoms with Gasteiger partial charge in [0.15, 0.2) is 0 Å². The van der Waals surface area contributed by atoms with Crippen LogP contribution in [0.25, 0.3) is 0 Å². The van der Waals surface area contributed by atoms with Crippen molar-refractivity contribution in [2.75, 3.05) is 23.7 Å². The number of aliphatic carboxylic acids is 1. The average Bonchev–Trinajstić information content (AvgIpc) is 2.43. The summed E-state index contributed by atoms with van der Waals surface area (Å²) >= 11 is 0. The molecule has 110 valence electrons. The van der Waals surface area contributed by atoms with Crippen LogP contribution in [-0.2, 0) is 19.6 Å². The monoisotopic (exact) mass is 300 g/mol. The summed E-state index contributed by atoms with van der Waals surface area (Å²) in [5.74, 6) is -1.96. The van der Waals surface area contributed by atoms with Crippen LogP contribution in [0.2, 0.25) is 0 Å². The lowest BCUT2D eigenvalue weighted by Crippen LogP contribution is -2.43. The van der Waals surface area contributed by atoms with Crippen LogP contribution in [0.1, 0.15) is 6.92 Å². The molecule has 0 aliphatic carbocycles. The molecule has 0 bridgehead atoms. The van der Waals surface area contributed by atoms with Crippen molar-refractivity contribution in [2.45, 2.75) is 6.92 Å². The SMILES string of the molecule is CCS(=O)(=O)NCC(=O)N(CC(=O)O)c1ccccc1. The maximum absolute atomic E-state index is 12.0. The van der Waals surface area contributed by atoms with E-state index in [1.165, 1.54) is 6.92 Å². The number of para-hydroxylation sites is 1. The van der Waals surface area contributed by atoms with Gasteiger partial charge in [-0.15, -0.1) is 0 Å². The van der Waals surface area contributed by atoms with Crippen molar-refractivity contribution in [3.05, 3.63) is 30.3 Å². The molecule has 0 aliphatic heterocycles. The maximum Gasteiger partial charge on any atom is 0.323 e. The third-order valence-electron chi connectivity index (χ3n) is 2.49. The number of nitrogens with zero attached hydrogens (tertiary/aromatic N) is 1. The highest BCUT2D eigenvalue weighted by molar-refractivity contribution is 7.89. The first-order chi connectivity index (χ1) is 9.35. The molecule has 0 fully saturated rings. The predicted molar refractivity (Wildman–Crippen MR) is 73.9 cm³/mol. The number of sulfonamides is 1. The van der Waals surface area contributed by atoms with E-state index >= 15 is 0 Å². The summed E-state index contributed by atoms with van der Waals surface area (Å²) in [5, 5.41) is 8.84. The topological polar surface area (TPSA) is 104 Å². The maximum atomic E-state index is 12.0. The Balaban J connectivity index is 2.84. The number of carbonyl (C=O) groups excluding carboxylic acids is 1. The van der Waals surface area contributed by atoms with E-state index < -0.39 is 35.0 Å². The first-order valence-electron chi connectivity index (χ1n) is 5.90. The summed E-state index contributed by atoms with van der Waals surface area (Å²) < 4.78 is 24.7. The minimum absolute atomic E-state index is 0.148. The van der Waals surface area contributed by atoms with Crippen LogP contribution in [0.5, 0.6) is 0 Å². The molecule has 0 atom stereocenters. The van der Waals surface area contributed by atoms with Crippen molar-refractivity contribution >= 4 is 27.6 Å². The van der Waals surface area contributed by atoms with Crippen molar-refractivity contribution in [3.63, 3.8) is 0 Å². The van der Waals surface area contributed by atoms with E-state index in [4.69, 9.17) is 5.11 Å². The lowest BCUT2D eigenvalue weighted by Gasteiger charge is -2.20. The third kappa shape index (κ3) is 4.98. The normalized spacial score (nSPS) is 11.1. The third-order valence-corrected chi connectivity index (χ3v) is 3.83. The molecule has 0 aromatic heterocycles. The Hall–Kier alpha value is -1.93. The molecule has 0 aliphatic rings. The standard InChI is InChI=1S/C12H16N2O5S/c1-2-20(18,19)13-8-11(15)14(9-12(16)17)10-6-4-3-5-7-10/h3-7,13H,2,8-9H2,1H3,(H,16,17). The van der Waals surface area contributed by atoms with Crippen LogP contribution in [0.15, 0.2) is 30.3 Å².